The molecule has 94 valence electrons. The van der Waals surface area contributed by atoms with Crippen LogP contribution in [0, 0.1) is 11.3 Å². The summed E-state index contributed by atoms with van der Waals surface area (Å²) in [4.78, 5) is 22.9. The zero-order valence-electron chi connectivity index (χ0n) is 10.1. The summed E-state index contributed by atoms with van der Waals surface area (Å²) in [5, 5.41) is 11.1. The van der Waals surface area contributed by atoms with Crippen LogP contribution in [0.15, 0.2) is 30.3 Å². The molecule has 1 atom stereocenters. The van der Waals surface area contributed by atoms with E-state index in [2.05, 4.69) is 10.1 Å². The largest absolute Gasteiger partial charge is 0.464 e. The molecule has 1 aromatic rings. The Morgan fingerprint density at radius 1 is 1.39 bits per heavy atom. The second-order valence-corrected chi connectivity index (χ2v) is 3.54. The van der Waals surface area contributed by atoms with Crippen molar-refractivity contribution in [2.45, 2.75) is 19.4 Å². The third kappa shape index (κ3) is 4.26. The predicted molar refractivity (Wildman–Crippen MR) is 64.3 cm³/mol. The van der Waals surface area contributed by atoms with Gasteiger partial charge in [-0.25, -0.2) is 4.79 Å². The van der Waals surface area contributed by atoms with Gasteiger partial charge in [0.2, 0.25) is 11.9 Å². The Morgan fingerprint density at radius 2 is 2.06 bits per heavy atom. The number of nitriles is 1. The molecule has 0 saturated heterocycles. The molecule has 5 heteroatoms. The fraction of sp³-hybridized carbons (Fsp3) is 0.308. The van der Waals surface area contributed by atoms with Crippen LogP contribution in [-0.2, 0) is 20.7 Å². The molecule has 5 nitrogen and oxygen atoms in total. The van der Waals surface area contributed by atoms with Crippen LogP contribution in [0.2, 0.25) is 0 Å². The maximum Gasteiger partial charge on any atom is 0.343 e. The number of nitrogens with zero attached hydrogens (tertiary/aromatic N) is 1. The summed E-state index contributed by atoms with van der Waals surface area (Å²) in [5.41, 5.74) is 0.815. The Kier molecular flexibility index (Phi) is 5.39. The van der Waals surface area contributed by atoms with Crippen LogP contribution in [-0.4, -0.2) is 24.5 Å². The predicted octanol–water partition coefficient (Wildman–Crippen LogP) is 0.801. The van der Waals surface area contributed by atoms with Crippen LogP contribution in [0.1, 0.15) is 12.5 Å². The molecule has 1 amide bonds. The number of hydrogen-bond donors (Lipinski definition) is 1. The van der Waals surface area contributed by atoms with Crippen LogP contribution in [0.5, 0.6) is 0 Å². The number of rotatable bonds is 5. The highest BCUT2D eigenvalue weighted by molar-refractivity contribution is 5.87. The molecule has 0 bridgehead atoms. The van der Waals surface area contributed by atoms with Crippen molar-refractivity contribution < 1.29 is 14.3 Å². The van der Waals surface area contributed by atoms with E-state index < -0.39 is 12.0 Å². The first kappa shape index (κ1) is 13.7. The molecular formula is C13H14N2O3. The summed E-state index contributed by atoms with van der Waals surface area (Å²) in [5.74, 6) is -1.12. The lowest BCUT2D eigenvalue weighted by molar-refractivity contribution is -0.145. The first-order valence-corrected chi connectivity index (χ1v) is 5.57. The minimum absolute atomic E-state index is 0.123. The van der Waals surface area contributed by atoms with Gasteiger partial charge in [0.1, 0.15) is 0 Å². The van der Waals surface area contributed by atoms with Crippen molar-refractivity contribution in [3.8, 4) is 6.07 Å². The van der Waals surface area contributed by atoms with E-state index in [1.54, 1.807) is 25.1 Å². The van der Waals surface area contributed by atoms with E-state index in [1.165, 1.54) is 0 Å². The molecule has 1 rings (SSSR count). The molecule has 0 aliphatic rings. The molecule has 0 spiro atoms. The molecule has 0 aromatic heterocycles. The Balaban J connectivity index is 2.53. The van der Waals surface area contributed by atoms with Crippen molar-refractivity contribution in [1.29, 1.82) is 5.26 Å². The molecule has 1 aromatic carbocycles. The van der Waals surface area contributed by atoms with Gasteiger partial charge in [0.25, 0.3) is 0 Å². The van der Waals surface area contributed by atoms with E-state index in [0.717, 1.165) is 5.56 Å². The van der Waals surface area contributed by atoms with E-state index in [0.29, 0.717) is 0 Å². The number of hydrogen-bond acceptors (Lipinski definition) is 4. The van der Waals surface area contributed by atoms with E-state index >= 15 is 0 Å². The number of benzene rings is 1. The van der Waals surface area contributed by atoms with Gasteiger partial charge in [-0.2, -0.15) is 5.26 Å². The SMILES string of the molecule is CCOC(=O)[C@@H](C#N)NC(=O)Cc1ccccc1. The molecule has 0 radical (unpaired) electrons. The van der Waals surface area contributed by atoms with Gasteiger partial charge in [0.05, 0.1) is 19.1 Å². The van der Waals surface area contributed by atoms with Crippen molar-refractivity contribution in [2.75, 3.05) is 6.61 Å². The number of nitrogens with one attached hydrogen (secondary N) is 1. The highest BCUT2D eigenvalue weighted by Crippen LogP contribution is 2.00. The minimum Gasteiger partial charge on any atom is -0.464 e. The second kappa shape index (κ2) is 7.07. The Morgan fingerprint density at radius 3 is 2.61 bits per heavy atom. The maximum absolute atomic E-state index is 11.6. The number of ether oxygens (including phenoxy) is 1. The molecule has 0 unspecified atom stereocenters. The van der Waals surface area contributed by atoms with Crippen LogP contribution < -0.4 is 5.32 Å². The number of esters is 1. The number of carbonyl (C=O) groups excluding carboxylic acids is 2. The average Bonchev–Trinajstić information content (AvgIpc) is 2.37. The van der Waals surface area contributed by atoms with Crippen molar-refractivity contribution in [2.24, 2.45) is 0 Å². The van der Waals surface area contributed by atoms with Gasteiger partial charge < -0.3 is 10.1 Å². The summed E-state index contributed by atoms with van der Waals surface area (Å²) in [6.07, 6.45) is 0.123. The number of carbonyl (C=O) groups is 2. The smallest absolute Gasteiger partial charge is 0.343 e. The lowest BCUT2D eigenvalue weighted by atomic mass is 10.1. The molecular weight excluding hydrogens is 232 g/mol. The zero-order valence-corrected chi connectivity index (χ0v) is 10.1. The van der Waals surface area contributed by atoms with Crippen molar-refractivity contribution in [3.05, 3.63) is 35.9 Å². The van der Waals surface area contributed by atoms with E-state index in [4.69, 9.17) is 5.26 Å². The lowest BCUT2D eigenvalue weighted by Gasteiger charge is -2.10. The molecule has 0 aliphatic carbocycles. The summed E-state index contributed by atoms with van der Waals surface area (Å²) >= 11 is 0. The van der Waals surface area contributed by atoms with Crippen LogP contribution in [0.4, 0.5) is 0 Å². The standard InChI is InChI=1S/C13H14N2O3/c1-2-18-13(17)11(9-14)15-12(16)8-10-6-4-3-5-7-10/h3-7,11H,2,8H2,1H3,(H,15,16)/t11-/m1/s1. The third-order valence-electron chi connectivity index (χ3n) is 2.16. The normalized spacial score (nSPS) is 11.1. The summed E-state index contributed by atoms with van der Waals surface area (Å²) in [7, 11) is 0. The first-order chi connectivity index (χ1) is 8.67. The molecule has 0 saturated carbocycles. The van der Waals surface area contributed by atoms with E-state index in [-0.39, 0.29) is 18.9 Å². The maximum atomic E-state index is 11.6. The summed E-state index contributed by atoms with van der Waals surface area (Å²) in [6.45, 7) is 1.81. The summed E-state index contributed by atoms with van der Waals surface area (Å²) in [6, 6.07) is 9.52. The quantitative estimate of drug-likeness (QED) is 0.779. The van der Waals surface area contributed by atoms with Gasteiger partial charge in [0, 0.05) is 0 Å². The van der Waals surface area contributed by atoms with Crippen molar-refractivity contribution in [3.63, 3.8) is 0 Å². The van der Waals surface area contributed by atoms with Crippen molar-refractivity contribution in [1.82, 2.24) is 5.32 Å². The molecule has 0 aliphatic heterocycles. The molecule has 18 heavy (non-hydrogen) atoms. The summed E-state index contributed by atoms with van der Waals surface area (Å²) < 4.78 is 4.67. The van der Waals surface area contributed by atoms with Crippen molar-refractivity contribution >= 4 is 11.9 Å². The lowest BCUT2D eigenvalue weighted by Crippen LogP contribution is -2.41. The van der Waals surface area contributed by atoms with Gasteiger partial charge in [0.15, 0.2) is 0 Å². The highest BCUT2D eigenvalue weighted by Gasteiger charge is 2.21. The van der Waals surface area contributed by atoms with Crippen LogP contribution in [0.25, 0.3) is 0 Å². The fourth-order valence-electron chi connectivity index (χ4n) is 1.36. The van der Waals surface area contributed by atoms with Crippen LogP contribution >= 0.6 is 0 Å². The highest BCUT2D eigenvalue weighted by atomic mass is 16.5. The monoisotopic (exact) mass is 246 g/mol. The van der Waals surface area contributed by atoms with Crippen LogP contribution in [0.3, 0.4) is 0 Å². The number of amides is 1. The fourth-order valence-corrected chi connectivity index (χ4v) is 1.36. The van der Waals surface area contributed by atoms with Gasteiger partial charge in [-0.1, -0.05) is 30.3 Å². The molecule has 0 heterocycles. The van der Waals surface area contributed by atoms with E-state index in [1.807, 2.05) is 18.2 Å². The third-order valence-corrected chi connectivity index (χ3v) is 2.16. The topological polar surface area (TPSA) is 79.2 Å². The first-order valence-electron chi connectivity index (χ1n) is 5.57. The molecule has 1 N–H and O–H groups in total. The van der Waals surface area contributed by atoms with Gasteiger partial charge in [-0.05, 0) is 12.5 Å². The van der Waals surface area contributed by atoms with Gasteiger partial charge in [-0.3, -0.25) is 4.79 Å². The zero-order chi connectivity index (χ0) is 13.4. The minimum atomic E-state index is -1.25. The molecule has 0 fully saturated rings. The Bertz CT molecular complexity index is 451. The Hall–Kier alpha value is -2.35. The van der Waals surface area contributed by atoms with E-state index in [9.17, 15) is 9.59 Å². The van der Waals surface area contributed by atoms with Gasteiger partial charge >= 0.3 is 5.97 Å². The second-order valence-electron chi connectivity index (χ2n) is 3.54. The van der Waals surface area contributed by atoms with Gasteiger partial charge in [-0.15, -0.1) is 0 Å². The Labute approximate surface area is 105 Å². The average molecular weight is 246 g/mol.